The fraction of sp³-hybridized carbons (Fsp3) is 0.714. The SMILES string of the molecule is C.c1cc(CN2CCCCC2)cc(OCCCN2CCCCC2)c1. The van der Waals surface area contributed by atoms with E-state index in [1.807, 2.05) is 0 Å². The fourth-order valence-corrected chi connectivity index (χ4v) is 3.77. The maximum absolute atomic E-state index is 5.98. The molecule has 2 fully saturated rings. The van der Waals surface area contributed by atoms with Crippen LogP contribution in [0.15, 0.2) is 24.3 Å². The van der Waals surface area contributed by atoms with Crippen molar-refractivity contribution in [1.29, 1.82) is 0 Å². The largest absolute Gasteiger partial charge is 0.494 e. The van der Waals surface area contributed by atoms with Crippen LogP contribution in [0.25, 0.3) is 0 Å². The molecule has 0 aromatic heterocycles. The second-order valence-corrected chi connectivity index (χ2v) is 7.09. The summed E-state index contributed by atoms with van der Waals surface area (Å²) >= 11 is 0. The average Bonchev–Trinajstić information content (AvgIpc) is 2.61. The first-order chi connectivity index (χ1) is 11.4. The van der Waals surface area contributed by atoms with Crippen molar-refractivity contribution in [1.82, 2.24) is 9.80 Å². The molecule has 2 aliphatic rings. The molecular formula is C21H36N2O. The van der Waals surface area contributed by atoms with Crippen molar-refractivity contribution in [3.8, 4) is 5.75 Å². The van der Waals surface area contributed by atoms with Gasteiger partial charge in [0.05, 0.1) is 6.61 Å². The molecular weight excluding hydrogens is 296 g/mol. The van der Waals surface area contributed by atoms with E-state index in [0.717, 1.165) is 25.3 Å². The number of piperidine rings is 2. The van der Waals surface area contributed by atoms with Crippen molar-refractivity contribution in [3.05, 3.63) is 29.8 Å². The number of ether oxygens (including phenoxy) is 1. The Balaban J connectivity index is 0.00000208. The zero-order valence-corrected chi connectivity index (χ0v) is 14.5. The van der Waals surface area contributed by atoms with E-state index < -0.39 is 0 Å². The number of rotatable bonds is 7. The molecule has 2 aliphatic heterocycles. The van der Waals surface area contributed by atoms with Crippen molar-refractivity contribution >= 4 is 0 Å². The Morgan fingerprint density at radius 2 is 1.50 bits per heavy atom. The first kappa shape index (κ1) is 19.3. The Bertz CT molecular complexity index is 451. The van der Waals surface area contributed by atoms with Crippen LogP contribution >= 0.6 is 0 Å². The maximum atomic E-state index is 5.98. The minimum Gasteiger partial charge on any atom is -0.494 e. The lowest BCUT2D eigenvalue weighted by Gasteiger charge is -2.26. The van der Waals surface area contributed by atoms with Gasteiger partial charge in [0.15, 0.2) is 0 Å². The predicted octanol–water partition coefficient (Wildman–Crippen LogP) is 4.56. The summed E-state index contributed by atoms with van der Waals surface area (Å²) in [6, 6.07) is 8.70. The summed E-state index contributed by atoms with van der Waals surface area (Å²) in [6.45, 7) is 8.17. The summed E-state index contributed by atoms with van der Waals surface area (Å²) in [4.78, 5) is 5.15. The van der Waals surface area contributed by atoms with Crippen molar-refractivity contribution in [2.75, 3.05) is 39.3 Å². The molecule has 3 heteroatoms. The Morgan fingerprint density at radius 3 is 2.21 bits per heavy atom. The minimum absolute atomic E-state index is 0. The molecule has 1 aromatic rings. The molecule has 0 spiro atoms. The number of hydrogen-bond acceptors (Lipinski definition) is 3. The highest BCUT2D eigenvalue weighted by Gasteiger charge is 2.11. The monoisotopic (exact) mass is 332 g/mol. The third kappa shape index (κ3) is 6.45. The van der Waals surface area contributed by atoms with Gasteiger partial charge in [-0.25, -0.2) is 0 Å². The van der Waals surface area contributed by atoms with Crippen LogP contribution in [0.4, 0.5) is 0 Å². The molecule has 0 radical (unpaired) electrons. The van der Waals surface area contributed by atoms with Gasteiger partial charge in [0.2, 0.25) is 0 Å². The van der Waals surface area contributed by atoms with Gasteiger partial charge >= 0.3 is 0 Å². The van der Waals surface area contributed by atoms with Gasteiger partial charge in [-0.05, 0) is 76.0 Å². The van der Waals surface area contributed by atoms with E-state index in [-0.39, 0.29) is 7.43 Å². The lowest BCUT2D eigenvalue weighted by molar-refractivity contribution is 0.204. The standard InChI is InChI=1S/C20H32N2O.CH4/c1-3-11-21(12-4-1)15-8-16-23-20-10-7-9-19(17-20)18-22-13-5-2-6-14-22;/h7,9-10,17H,1-6,8,11-16,18H2;1H4. The zero-order valence-electron chi connectivity index (χ0n) is 14.5. The summed E-state index contributed by atoms with van der Waals surface area (Å²) in [5.41, 5.74) is 1.39. The smallest absolute Gasteiger partial charge is 0.119 e. The van der Waals surface area contributed by atoms with Crippen LogP contribution in [-0.2, 0) is 6.54 Å². The van der Waals surface area contributed by atoms with Crippen LogP contribution in [-0.4, -0.2) is 49.1 Å². The number of hydrogen-bond donors (Lipinski definition) is 0. The first-order valence-electron chi connectivity index (χ1n) is 9.57. The van der Waals surface area contributed by atoms with Crippen molar-refractivity contribution in [2.45, 2.75) is 58.9 Å². The first-order valence-corrected chi connectivity index (χ1v) is 9.57. The Hall–Kier alpha value is -1.06. The highest BCUT2D eigenvalue weighted by molar-refractivity contribution is 5.28. The van der Waals surface area contributed by atoms with Crippen LogP contribution in [0.1, 0.15) is 57.9 Å². The quantitative estimate of drug-likeness (QED) is 0.681. The van der Waals surface area contributed by atoms with Crippen LogP contribution < -0.4 is 4.74 Å². The average molecular weight is 333 g/mol. The molecule has 1 aromatic carbocycles. The van der Waals surface area contributed by atoms with E-state index in [9.17, 15) is 0 Å². The molecule has 0 aliphatic carbocycles. The molecule has 2 saturated heterocycles. The Kier molecular flexibility index (Phi) is 8.62. The van der Waals surface area contributed by atoms with Gasteiger partial charge in [0.1, 0.15) is 5.75 Å². The summed E-state index contributed by atoms with van der Waals surface area (Å²) < 4.78 is 5.98. The Labute approximate surface area is 149 Å². The summed E-state index contributed by atoms with van der Waals surface area (Å²) in [5.74, 6) is 1.04. The van der Waals surface area contributed by atoms with Gasteiger partial charge in [0, 0.05) is 13.1 Å². The summed E-state index contributed by atoms with van der Waals surface area (Å²) in [7, 11) is 0. The fourth-order valence-electron chi connectivity index (χ4n) is 3.77. The molecule has 3 rings (SSSR count). The van der Waals surface area contributed by atoms with Crippen LogP contribution in [0.5, 0.6) is 5.75 Å². The van der Waals surface area contributed by atoms with Crippen LogP contribution in [0, 0.1) is 0 Å². The maximum Gasteiger partial charge on any atom is 0.119 e. The van der Waals surface area contributed by atoms with Gasteiger partial charge < -0.3 is 9.64 Å². The lowest BCUT2D eigenvalue weighted by atomic mass is 10.1. The molecule has 0 saturated carbocycles. The molecule has 3 nitrogen and oxygen atoms in total. The molecule has 0 unspecified atom stereocenters. The predicted molar refractivity (Wildman–Crippen MR) is 103 cm³/mol. The Morgan fingerprint density at radius 1 is 0.833 bits per heavy atom. The van der Waals surface area contributed by atoms with Crippen molar-refractivity contribution in [3.63, 3.8) is 0 Å². The second kappa shape index (κ2) is 10.7. The normalized spacial score (nSPS) is 19.7. The van der Waals surface area contributed by atoms with Gasteiger partial charge in [0.25, 0.3) is 0 Å². The molecule has 24 heavy (non-hydrogen) atoms. The molecule has 0 bridgehead atoms. The third-order valence-corrected chi connectivity index (χ3v) is 5.09. The molecule has 2 heterocycles. The number of nitrogens with zero attached hydrogens (tertiary/aromatic N) is 2. The number of likely N-dealkylation sites (tertiary alicyclic amines) is 2. The number of benzene rings is 1. The van der Waals surface area contributed by atoms with E-state index in [0.29, 0.717) is 0 Å². The molecule has 136 valence electrons. The zero-order chi connectivity index (χ0) is 15.7. The van der Waals surface area contributed by atoms with Gasteiger partial charge in [-0.2, -0.15) is 0 Å². The van der Waals surface area contributed by atoms with E-state index in [4.69, 9.17) is 4.74 Å². The van der Waals surface area contributed by atoms with Crippen LogP contribution in [0.2, 0.25) is 0 Å². The van der Waals surface area contributed by atoms with Gasteiger partial charge in [-0.1, -0.05) is 32.4 Å². The highest BCUT2D eigenvalue weighted by Crippen LogP contribution is 2.18. The minimum atomic E-state index is 0. The molecule has 0 N–H and O–H groups in total. The summed E-state index contributed by atoms with van der Waals surface area (Å²) in [6.07, 6.45) is 9.40. The topological polar surface area (TPSA) is 15.7 Å². The second-order valence-electron chi connectivity index (χ2n) is 7.09. The summed E-state index contributed by atoms with van der Waals surface area (Å²) in [5, 5.41) is 0. The van der Waals surface area contributed by atoms with Crippen molar-refractivity contribution < 1.29 is 4.74 Å². The molecule has 0 amide bonds. The van der Waals surface area contributed by atoms with E-state index >= 15 is 0 Å². The lowest BCUT2D eigenvalue weighted by Crippen LogP contribution is -2.31. The van der Waals surface area contributed by atoms with Crippen molar-refractivity contribution in [2.24, 2.45) is 0 Å². The van der Waals surface area contributed by atoms with Crippen LogP contribution in [0.3, 0.4) is 0 Å². The van der Waals surface area contributed by atoms with Gasteiger partial charge in [-0.15, -0.1) is 0 Å². The van der Waals surface area contributed by atoms with E-state index in [2.05, 4.69) is 34.1 Å². The molecule has 0 atom stereocenters. The highest BCUT2D eigenvalue weighted by atomic mass is 16.5. The van der Waals surface area contributed by atoms with E-state index in [1.165, 1.54) is 76.8 Å². The third-order valence-electron chi connectivity index (χ3n) is 5.09. The van der Waals surface area contributed by atoms with E-state index in [1.54, 1.807) is 0 Å². The van der Waals surface area contributed by atoms with Gasteiger partial charge in [-0.3, -0.25) is 4.90 Å².